The first-order valence-electron chi connectivity index (χ1n) is 6.08. The molecule has 1 aromatic heterocycles. The van der Waals surface area contributed by atoms with Crippen LogP contribution in [0.5, 0.6) is 5.75 Å². The van der Waals surface area contributed by atoms with Gasteiger partial charge in [-0.15, -0.1) is 4.31 Å². The van der Waals surface area contributed by atoms with Crippen molar-refractivity contribution in [2.45, 2.75) is 11.5 Å². The van der Waals surface area contributed by atoms with Crippen molar-refractivity contribution >= 4 is 45.2 Å². The molecule has 2 rings (SSSR count). The van der Waals surface area contributed by atoms with Gasteiger partial charge in [0.2, 0.25) is 10.6 Å². The molecule has 1 heterocycles. The second-order valence-corrected chi connectivity index (χ2v) is 6.54. The molecular formula is C11H7Cl2F2N5O4S. The number of nitrogens with zero attached hydrogens (tertiary/aromatic N) is 4. The summed E-state index contributed by atoms with van der Waals surface area (Å²) in [4.78, 5) is 21.2. The molecule has 2 N–H and O–H groups in total. The number of anilines is 1. The van der Waals surface area contributed by atoms with Crippen LogP contribution in [0.25, 0.3) is 0 Å². The van der Waals surface area contributed by atoms with Crippen molar-refractivity contribution in [1.82, 2.24) is 15.0 Å². The fourth-order valence-corrected chi connectivity index (χ4v) is 3.39. The highest BCUT2D eigenvalue weighted by molar-refractivity contribution is 7.93. The average molecular weight is 414 g/mol. The van der Waals surface area contributed by atoms with Crippen molar-refractivity contribution in [3.63, 3.8) is 0 Å². The first-order valence-corrected chi connectivity index (χ1v) is 8.28. The number of nitrogens with two attached hydrogens (primary N) is 1. The fraction of sp³-hybridized carbons (Fsp3) is 0.0909. The summed E-state index contributed by atoms with van der Waals surface area (Å²) in [7, 11) is -4.83. The van der Waals surface area contributed by atoms with Crippen molar-refractivity contribution in [2.24, 2.45) is 5.73 Å². The number of ether oxygens (including phenoxy) is 1. The van der Waals surface area contributed by atoms with Crippen molar-refractivity contribution < 1.29 is 26.7 Å². The number of primary amides is 1. The zero-order chi connectivity index (χ0) is 18.8. The fourth-order valence-electron chi connectivity index (χ4n) is 1.69. The smallest absolute Gasteiger partial charge is 0.387 e. The third-order valence-electron chi connectivity index (χ3n) is 2.53. The molecule has 25 heavy (non-hydrogen) atoms. The minimum absolute atomic E-state index is 0.0693. The van der Waals surface area contributed by atoms with E-state index in [-0.39, 0.29) is 4.31 Å². The average Bonchev–Trinajstić information content (AvgIpc) is 2.45. The molecule has 0 atom stereocenters. The summed E-state index contributed by atoms with van der Waals surface area (Å²) < 4.78 is 54.5. The Kier molecular flexibility index (Phi) is 5.55. The van der Waals surface area contributed by atoms with Crippen molar-refractivity contribution in [2.75, 3.05) is 4.31 Å². The molecule has 0 spiro atoms. The summed E-state index contributed by atoms with van der Waals surface area (Å²) in [6.45, 7) is -3.31. The second-order valence-electron chi connectivity index (χ2n) is 4.11. The lowest BCUT2D eigenvalue weighted by Crippen LogP contribution is -2.42. The maximum Gasteiger partial charge on any atom is 0.387 e. The number of sulfonamides is 1. The lowest BCUT2D eigenvalue weighted by Gasteiger charge is -2.19. The van der Waals surface area contributed by atoms with Crippen LogP contribution >= 0.6 is 23.2 Å². The summed E-state index contributed by atoms with van der Waals surface area (Å²) in [5.74, 6) is -1.53. The normalized spacial score (nSPS) is 11.4. The van der Waals surface area contributed by atoms with Crippen molar-refractivity contribution in [3.8, 4) is 5.75 Å². The number of hydrogen-bond donors (Lipinski definition) is 1. The number of halogens is 4. The Morgan fingerprint density at radius 3 is 2.24 bits per heavy atom. The predicted molar refractivity (Wildman–Crippen MR) is 82.2 cm³/mol. The quantitative estimate of drug-likeness (QED) is 0.793. The molecule has 0 radical (unpaired) electrons. The molecule has 0 bridgehead atoms. The number of para-hydroxylation sites is 1. The number of alkyl halides is 2. The van der Waals surface area contributed by atoms with Gasteiger partial charge in [0.1, 0.15) is 10.6 Å². The number of rotatable bonds is 5. The number of benzene rings is 1. The van der Waals surface area contributed by atoms with E-state index in [1.807, 2.05) is 0 Å². The van der Waals surface area contributed by atoms with Gasteiger partial charge >= 0.3 is 12.6 Å². The van der Waals surface area contributed by atoms with Gasteiger partial charge in [-0.25, -0.2) is 13.2 Å². The van der Waals surface area contributed by atoms with Crippen LogP contribution < -0.4 is 14.8 Å². The van der Waals surface area contributed by atoms with E-state index in [0.717, 1.165) is 12.1 Å². The third-order valence-corrected chi connectivity index (χ3v) is 4.59. The molecule has 0 aliphatic carbocycles. The highest BCUT2D eigenvalue weighted by atomic mass is 35.5. The molecule has 0 aliphatic rings. The van der Waals surface area contributed by atoms with Gasteiger partial charge in [0.25, 0.3) is 16.0 Å². The van der Waals surface area contributed by atoms with Gasteiger partial charge in [0.05, 0.1) is 0 Å². The monoisotopic (exact) mass is 413 g/mol. The van der Waals surface area contributed by atoms with Gasteiger partial charge in [-0.05, 0) is 35.3 Å². The zero-order valence-electron chi connectivity index (χ0n) is 11.8. The maximum absolute atomic E-state index is 12.7. The Morgan fingerprint density at radius 2 is 1.72 bits per heavy atom. The molecule has 0 saturated carbocycles. The Balaban J connectivity index is 2.64. The van der Waals surface area contributed by atoms with Gasteiger partial charge in [-0.2, -0.15) is 23.7 Å². The van der Waals surface area contributed by atoms with E-state index >= 15 is 0 Å². The minimum atomic E-state index is -4.83. The molecule has 0 unspecified atom stereocenters. The molecule has 134 valence electrons. The predicted octanol–water partition coefficient (Wildman–Crippen LogP) is 2.05. The molecule has 1 aromatic carbocycles. The van der Waals surface area contributed by atoms with E-state index in [1.165, 1.54) is 12.1 Å². The Labute approximate surface area is 149 Å². The van der Waals surface area contributed by atoms with Gasteiger partial charge in [0, 0.05) is 0 Å². The number of urea groups is 1. The van der Waals surface area contributed by atoms with Crippen LogP contribution in [0.15, 0.2) is 29.2 Å². The summed E-state index contributed by atoms with van der Waals surface area (Å²) in [5.41, 5.74) is 5.08. The number of carbonyl (C=O) groups is 1. The molecule has 14 heteroatoms. The molecular weight excluding hydrogens is 407 g/mol. The topological polar surface area (TPSA) is 128 Å². The summed E-state index contributed by atoms with van der Waals surface area (Å²) in [6.07, 6.45) is 0. The second kappa shape index (κ2) is 7.29. The zero-order valence-corrected chi connectivity index (χ0v) is 14.1. The largest absolute Gasteiger partial charge is 0.433 e. The molecule has 0 aliphatic heterocycles. The number of hydrogen-bond acceptors (Lipinski definition) is 7. The third kappa shape index (κ3) is 4.21. The van der Waals surface area contributed by atoms with Gasteiger partial charge < -0.3 is 10.5 Å². The van der Waals surface area contributed by atoms with Crippen LogP contribution in [0.4, 0.5) is 19.5 Å². The number of aromatic nitrogens is 3. The minimum Gasteiger partial charge on any atom is -0.433 e. The standard InChI is InChI=1S/C11H7Cl2F2N5O4S/c12-7-17-8(13)19-11(18-7)20(10(16)21)25(22,23)6-4-2-1-3-5(6)24-9(14)15/h1-4,9H,(H2,16,21). The Bertz CT molecular complexity index is 895. The van der Waals surface area contributed by atoms with E-state index < -0.39 is 49.8 Å². The van der Waals surface area contributed by atoms with E-state index in [4.69, 9.17) is 28.9 Å². The van der Waals surface area contributed by atoms with Gasteiger partial charge in [-0.3, -0.25) is 0 Å². The summed E-state index contributed by atoms with van der Waals surface area (Å²) in [6, 6.07) is 2.82. The Hall–Kier alpha value is -2.31. The maximum atomic E-state index is 12.7. The van der Waals surface area contributed by atoms with Crippen LogP contribution in [0, 0.1) is 0 Å². The number of carbonyl (C=O) groups excluding carboxylic acids is 1. The van der Waals surface area contributed by atoms with Crippen LogP contribution in [0.3, 0.4) is 0 Å². The van der Waals surface area contributed by atoms with Gasteiger partial charge in [-0.1, -0.05) is 12.1 Å². The number of amides is 2. The van der Waals surface area contributed by atoms with Gasteiger partial charge in [0.15, 0.2) is 0 Å². The summed E-state index contributed by atoms with van der Waals surface area (Å²) in [5, 5.41) is -1.04. The van der Waals surface area contributed by atoms with Crippen LogP contribution in [-0.2, 0) is 10.0 Å². The molecule has 0 fully saturated rings. The van der Waals surface area contributed by atoms with Crippen LogP contribution in [0.1, 0.15) is 0 Å². The first kappa shape index (κ1) is 19.0. The van der Waals surface area contributed by atoms with E-state index in [1.54, 1.807) is 0 Å². The van der Waals surface area contributed by atoms with Crippen LogP contribution in [-0.4, -0.2) is 36.0 Å². The first-order chi connectivity index (χ1) is 11.6. The van der Waals surface area contributed by atoms with Crippen molar-refractivity contribution in [3.05, 3.63) is 34.8 Å². The molecule has 0 saturated heterocycles. The van der Waals surface area contributed by atoms with E-state index in [2.05, 4.69) is 19.7 Å². The lowest BCUT2D eigenvalue weighted by molar-refractivity contribution is -0.0517. The van der Waals surface area contributed by atoms with E-state index in [9.17, 15) is 22.0 Å². The molecule has 2 aromatic rings. The highest BCUT2D eigenvalue weighted by Crippen LogP contribution is 2.30. The lowest BCUT2D eigenvalue weighted by atomic mass is 10.3. The Morgan fingerprint density at radius 1 is 1.16 bits per heavy atom. The molecule has 2 amide bonds. The van der Waals surface area contributed by atoms with Crippen LogP contribution in [0.2, 0.25) is 10.6 Å². The highest BCUT2D eigenvalue weighted by Gasteiger charge is 2.35. The van der Waals surface area contributed by atoms with E-state index in [0.29, 0.717) is 0 Å². The van der Waals surface area contributed by atoms with Crippen molar-refractivity contribution in [1.29, 1.82) is 0 Å². The SMILES string of the molecule is NC(=O)N(c1nc(Cl)nc(Cl)n1)S(=O)(=O)c1ccccc1OC(F)F. The molecule has 9 nitrogen and oxygen atoms in total. The summed E-state index contributed by atoms with van der Waals surface area (Å²) >= 11 is 11.1.